The monoisotopic (exact) mass is 338 g/mol. The highest BCUT2D eigenvalue weighted by Gasteiger charge is 2.29. The zero-order chi connectivity index (χ0) is 17.3. The van der Waals surface area contributed by atoms with E-state index in [9.17, 15) is 22.4 Å². The van der Waals surface area contributed by atoms with Crippen molar-refractivity contribution in [1.82, 2.24) is 9.78 Å². The van der Waals surface area contributed by atoms with E-state index in [1.807, 2.05) is 0 Å². The van der Waals surface area contributed by atoms with Crippen LogP contribution in [0.3, 0.4) is 0 Å². The Morgan fingerprint density at radius 2 is 1.62 bits per heavy atom. The summed E-state index contributed by atoms with van der Waals surface area (Å²) in [6, 6.07) is 9.60. The van der Waals surface area contributed by atoms with E-state index >= 15 is 0 Å². The Kier molecular flexibility index (Phi) is 3.96. The van der Waals surface area contributed by atoms with Gasteiger partial charge in [0, 0.05) is 5.56 Å². The molecule has 0 bridgehead atoms. The average Bonchev–Trinajstić information content (AvgIpc) is 2.89. The normalized spacial score (nSPS) is 11.7. The third kappa shape index (κ3) is 3.37. The number of rotatable bonds is 3. The molecule has 0 aliphatic heterocycles. The smallest absolute Gasteiger partial charge is 0.388 e. The molecule has 1 heterocycles. The second-order valence-electron chi connectivity index (χ2n) is 5.03. The molecule has 0 aliphatic carbocycles. The lowest BCUT2D eigenvalue weighted by molar-refractivity contribution is -0.137. The Balaban J connectivity index is 1.83. The minimum absolute atomic E-state index is 0.00640. The van der Waals surface area contributed by atoms with Crippen LogP contribution in [0.5, 0.6) is 0 Å². The molecule has 0 amide bonds. The van der Waals surface area contributed by atoms with E-state index in [-0.39, 0.29) is 12.4 Å². The van der Waals surface area contributed by atoms with Crippen LogP contribution in [0, 0.1) is 5.82 Å². The summed E-state index contributed by atoms with van der Waals surface area (Å²) in [6.45, 7) is -0.0400. The fraction of sp³-hybridized carbons (Fsp3) is 0.125. The third-order valence-electron chi connectivity index (χ3n) is 3.31. The maximum atomic E-state index is 12.9. The van der Waals surface area contributed by atoms with Crippen molar-refractivity contribution < 1.29 is 22.0 Å². The van der Waals surface area contributed by atoms with Crippen LogP contribution >= 0.6 is 0 Å². The fourth-order valence-electron chi connectivity index (χ4n) is 2.09. The Labute approximate surface area is 133 Å². The molecule has 0 unspecified atom stereocenters. The molecule has 0 aliphatic rings. The van der Waals surface area contributed by atoms with Gasteiger partial charge in [0.2, 0.25) is 5.89 Å². The van der Waals surface area contributed by atoms with Crippen LogP contribution in [-0.4, -0.2) is 9.78 Å². The third-order valence-corrected chi connectivity index (χ3v) is 3.31. The lowest BCUT2D eigenvalue weighted by Gasteiger charge is -2.07. The van der Waals surface area contributed by atoms with Gasteiger partial charge in [-0.15, -0.1) is 5.10 Å². The second-order valence-corrected chi connectivity index (χ2v) is 5.03. The molecule has 0 fully saturated rings. The lowest BCUT2D eigenvalue weighted by atomic mass is 10.1. The van der Waals surface area contributed by atoms with Gasteiger partial charge in [-0.05, 0) is 42.0 Å². The van der Waals surface area contributed by atoms with Crippen LogP contribution in [-0.2, 0) is 12.7 Å². The Bertz CT molecular complexity index is 894. The van der Waals surface area contributed by atoms with Gasteiger partial charge < -0.3 is 4.42 Å². The molecule has 0 N–H and O–H groups in total. The molecule has 2 aromatic carbocycles. The van der Waals surface area contributed by atoms with Crippen molar-refractivity contribution in [2.45, 2.75) is 12.7 Å². The number of hydrogen-bond acceptors (Lipinski definition) is 3. The first-order valence-corrected chi connectivity index (χ1v) is 6.83. The molecule has 0 saturated heterocycles. The summed E-state index contributed by atoms with van der Waals surface area (Å²) in [6.07, 6.45) is -4.42. The van der Waals surface area contributed by atoms with Crippen LogP contribution in [0.1, 0.15) is 11.1 Å². The molecule has 124 valence electrons. The summed E-state index contributed by atoms with van der Waals surface area (Å²) in [7, 11) is 0. The summed E-state index contributed by atoms with van der Waals surface area (Å²) in [4.78, 5) is 11.8. The molecule has 0 radical (unpaired) electrons. The molecular formula is C16H10F4N2O2. The first-order valence-electron chi connectivity index (χ1n) is 6.83. The first-order chi connectivity index (χ1) is 11.3. The highest BCUT2D eigenvalue weighted by molar-refractivity contribution is 5.51. The van der Waals surface area contributed by atoms with Crippen LogP contribution < -0.4 is 5.76 Å². The van der Waals surface area contributed by atoms with Gasteiger partial charge in [-0.3, -0.25) is 0 Å². The summed E-state index contributed by atoms with van der Waals surface area (Å²) >= 11 is 0. The Morgan fingerprint density at radius 3 is 2.21 bits per heavy atom. The molecule has 8 heteroatoms. The van der Waals surface area contributed by atoms with Crippen LogP contribution in [0.15, 0.2) is 57.7 Å². The zero-order valence-corrected chi connectivity index (χ0v) is 12.0. The fourth-order valence-corrected chi connectivity index (χ4v) is 2.09. The molecule has 4 nitrogen and oxygen atoms in total. The molecule has 0 spiro atoms. The Morgan fingerprint density at radius 1 is 1.00 bits per heavy atom. The molecule has 0 saturated carbocycles. The predicted octanol–water partition coefficient (Wildman–Crippen LogP) is 3.71. The highest BCUT2D eigenvalue weighted by Crippen LogP contribution is 2.29. The van der Waals surface area contributed by atoms with Gasteiger partial charge in [0.1, 0.15) is 5.82 Å². The summed E-state index contributed by atoms with van der Waals surface area (Å²) in [5, 5.41) is 3.97. The summed E-state index contributed by atoms with van der Waals surface area (Å²) < 4.78 is 56.4. The minimum atomic E-state index is -4.42. The van der Waals surface area contributed by atoms with E-state index in [0.717, 1.165) is 16.8 Å². The number of nitrogens with zero attached hydrogens (tertiary/aromatic N) is 2. The zero-order valence-electron chi connectivity index (χ0n) is 12.0. The molecule has 1 aromatic heterocycles. The van der Waals surface area contributed by atoms with Crippen molar-refractivity contribution in [2.24, 2.45) is 0 Å². The maximum absolute atomic E-state index is 12.9. The number of halogens is 4. The van der Waals surface area contributed by atoms with Gasteiger partial charge in [-0.2, -0.15) is 17.9 Å². The van der Waals surface area contributed by atoms with E-state index in [0.29, 0.717) is 11.1 Å². The molecule has 3 aromatic rings. The first kappa shape index (κ1) is 16.0. The molecular weight excluding hydrogens is 328 g/mol. The van der Waals surface area contributed by atoms with E-state index in [4.69, 9.17) is 4.42 Å². The topological polar surface area (TPSA) is 48.0 Å². The predicted molar refractivity (Wildman–Crippen MR) is 76.7 cm³/mol. The van der Waals surface area contributed by atoms with Crippen molar-refractivity contribution >= 4 is 0 Å². The van der Waals surface area contributed by atoms with Gasteiger partial charge in [0.25, 0.3) is 0 Å². The van der Waals surface area contributed by atoms with Gasteiger partial charge in [0.05, 0.1) is 12.1 Å². The van der Waals surface area contributed by atoms with Crippen molar-refractivity contribution in [2.75, 3.05) is 0 Å². The van der Waals surface area contributed by atoms with Crippen LogP contribution in [0.25, 0.3) is 11.5 Å². The standard InChI is InChI=1S/C16H10F4N2O2/c17-13-7-3-11(4-8-13)14-21-22(15(23)24-14)9-10-1-5-12(6-2-10)16(18,19)20/h1-8H,9H2. The van der Waals surface area contributed by atoms with E-state index < -0.39 is 23.3 Å². The van der Waals surface area contributed by atoms with Gasteiger partial charge in [0.15, 0.2) is 0 Å². The largest absolute Gasteiger partial charge is 0.437 e. The van der Waals surface area contributed by atoms with Gasteiger partial charge >= 0.3 is 11.9 Å². The quantitative estimate of drug-likeness (QED) is 0.684. The van der Waals surface area contributed by atoms with Crippen molar-refractivity contribution in [1.29, 1.82) is 0 Å². The highest BCUT2D eigenvalue weighted by atomic mass is 19.4. The number of alkyl halides is 3. The molecule has 24 heavy (non-hydrogen) atoms. The molecule has 0 atom stereocenters. The van der Waals surface area contributed by atoms with Crippen molar-refractivity contribution in [3.05, 3.63) is 76.0 Å². The van der Waals surface area contributed by atoms with Crippen LogP contribution in [0.4, 0.5) is 17.6 Å². The maximum Gasteiger partial charge on any atom is 0.437 e. The summed E-state index contributed by atoms with van der Waals surface area (Å²) in [5.74, 6) is -1.19. The van der Waals surface area contributed by atoms with E-state index in [1.54, 1.807) is 0 Å². The summed E-state index contributed by atoms with van der Waals surface area (Å²) in [5.41, 5.74) is 0.106. The molecule has 3 rings (SSSR count). The minimum Gasteiger partial charge on any atom is -0.388 e. The van der Waals surface area contributed by atoms with E-state index in [2.05, 4.69) is 5.10 Å². The van der Waals surface area contributed by atoms with Crippen molar-refractivity contribution in [3.63, 3.8) is 0 Å². The SMILES string of the molecule is O=c1oc(-c2ccc(F)cc2)nn1Cc1ccc(C(F)(F)F)cc1. The average molecular weight is 338 g/mol. The van der Waals surface area contributed by atoms with E-state index in [1.165, 1.54) is 36.4 Å². The van der Waals surface area contributed by atoms with Crippen LogP contribution in [0.2, 0.25) is 0 Å². The van der Waals surface area contributed by atoms with Gasteiger partial charge in [-0.25, -0.2) is 9.18 Å². The number of hydrogen-bond donors (Lipinski definition) is 0. The van der Waals surface area contributed by atoms with Gasteiger partial charge in [-0.1, -0.05) is 12.1 Å². The number of benzene rings is 2. The number of aromatic nitrogens is 2. The van der Waals surface area contributed by atoms with Crippen molar-refractivity contribution in [3.8, 4) is 11.5 Å². The Hall–Kier alpha value is -2.90. The lowest BCUT2D eigenvalue weighted by Crippen LogP contribution is -2.16. The second kappa shape index (κ2) is 5.95.